The molecule has 2 aliphatic heterocycles. The molecule has 146 valence electrons. The van der Waals surface area contributed by atoms with Crippen LogP contribution in [0.15, 0.2) is 53.4 Å². The molecule has 2 amide bonds. The van der Waals surface area contributed by atoms with Crippen molar-refractivity contribution in [3.05, 3.63) is 54.1 Å². The van der Waals surface area contributed by atoms with E-state index in [9.17, 15) is 18.0 Å². The number of benzene rings is 2. The molecule has 1 fully saturated rings. The summed E-state index contributed by atoms with van der Waals surface area (Å²) in [6.07, 6.45) is 2.72. The zero-order valence-corrected chi connectivity index (χ0v) is 16.1. The minimum absolute atomic E-state index is 0.106. The van der Waals surface area contributed by atoms with Crippen molar-refractivity contribution in [2.24, 2.45) is 0 Å². The van der Waals surface area contributed by atoms with E-state index in [0.29, 0.717) is 24.5 Å². The van der Waals surface area contributed by atoms with Gasteiger partial charge in [0.05, 0.1) is 16.3 Å². The average Bonchev–Trinajstić information content (AvgIpc) is 2.73. The highest BCUT2D eigenvalue weighted by atomic mass is 32.2. The monoisotopic (exact) mass is 399 g/mol. The van der Waals surface area contributed by atoms with Crippen molar-refractivity contribution >= 4 is 33.2 Å². The molecule has 0 saturated carbocycles. The van der Waals surface area contributed by atoms with Gasteiger partial charge in [-0.2, -0.15) is 4.31 Å². The Morgan fingerprint density at radius 1 is 0.964 bits per heavy atom. The summed E-state index contributed by atoms with van der Waals surface area (Å²) in [5.74, 6) is -0.692. The van der Waals surface area contributed by atoms with Crippen LogP contribution in [0.5, 0.6) is 0 Å². The Kier molecular flexibility index (Phi) is 4.91. The van der Waals surface area contributed by atoms with Crippen molar-refractivity contribution in [1.82, 2.24) is 4.31 Å². The molecule has 1 saturated heterocycles. The van der Waals surface area contributed by atoms with Gasteiger partial charge in [-0.1, -0.05) is 24.6 Å². The molecule has 8 heteroatoms. The fourth-order valence-corrected chi connectivity index (χ4v) is 5.18. The molecule has 0 radical (unpaired) electrons. The van der Waals surface area contributed by atoms with E-state index in [1.807, 2.05) is 0 Å². The van der Waals surface area contributed by atoms with Crippen molar-refractivity contribution in [1.29, 1.82) is 0 Å². The smallest absolute Gasteiger partial charge is 0.258 e. The molecule has 2 aliphatic rings. The van der Waals surface area contributed by atoms with Gasteiger partial charge in [0.25, 0.3) is 5.91 Å². The SMILES string of the molecule is O=C1CN(C(=O)c2cccc(S(=O)(=O)N3CCCCC3)c2)c2ccccc2N1. The Bertz CT molecular complexity index is 1030. The fourth-order valence-electron chi connectivity index (χ4n) is 3.61. The van der Waals surface area contributed by atoms with E-state index in [0.717, 1.165) is 19.3 Å². The zero-order chi connectivity index (χ0) is 19.7. The fraction of sp³-hybridized carbons (Fsp3) is 0.300. The maximum atomic E-state index is 13.1. The number of piperidine rings is 1. The Morgan fingerprint density at radius 3 is 2.50 bits per heavy atom. The van der Waals surface area contributed by atoms with E-state index in [-0.39, 0.29) is 22.9 Å². The number of sulfonamides is 1. The molecule has 0 bridgehead atoms. The Labute approximate surface area is 164 Å². The lowest BCUT2D eigenvalue weighted by Crippen LogP contribution is -2.42. The molecule has 0 unspecified atom stereocenters. The van der Waals surface area contributed by atoms with E-state index in [4.69, 9.17) is 0 Å². The molecule has 0 aliphatic carbocycles. The highest BCUT2D eigenvalue weighted by Gasteiger charge is 2.30. The molecule has 28 heavy (non-hydrogen) atoms. The van der Waals surface area contributed by atoms with Crippen LogP contribution >= 0.6 is 0 Å². The molecular formula is C20H21N3O4S. The third-order valence-electron chi connectivity index (χ3n) is 5.05. The lowest BCUT2D eigenvalue weighted by atomic mass is 10.1. The molecule has 2 heterocycles. The normalized spacial score (nSPS) is 17.7. The van der Waals surface area contributed by atoms with E-state index in [2.05, 4.69) is 5.32 Å². The van der Waals surface area contributed by atoms with Gasteiger partial charge in [0.15, 0.2) is 0 Å². The number of hydrogen-bond donors (Lipinski definition) is 1. The third kappa shape index (κ3) is 3.41. The van der Waals surface area contributed by atoms with Gasteiger partial charge < -0.3 is 5.32 Å². The van der Waals surface area contributed by atoms with E-state index < -0.39 is 15.9 Å². The second kappa shape index (κ2) is 7.37. The van der Waals surface area contributed by atoms with Crippen LogP contribution in [0.1, 0.15) is 29.6 Å². The second-order valence-corrected chi connectivity index (χ2v) is 8.89. The first-order valence-corrected chi connectivity index (χ1v) is 10.7. The van der Waals surface area contributed by atoms with Crippen molar-refractivity contribution in [2.75, 3.05) is 29.9 Å². The number of para-hydroxylation sites is 2. The van der Waals surface area contributed by atoms with Gasteiger partial charge in [0.2, 0.25) is 15.9 Å². The number of carbonyl (C=O) groups excluding carboxylic acids is 2. The molecule has 2 aromatic rings. The minimum Gasteiger partial charge on any atom is -0.323 e. The summed E-state index contributed by atoms with van der Waals surface area (Å²) in [6, 6.07) is 13.1. The molecule has 2 aromatic carbocycles. The standard InChI is InChI=1S/C20H21N3O4S/c24-19-14-23(18-10-3-2-9-17(18)21-19)20(25)15-7-6-8-16(13-15)28(26,27)22-11-4-1-5-12-22/h2-3,6-10,13H,1,4-5,11-12,14H2,(H,21,24). The summed E-state index contributed by atoms with van der Waals surface area (Å²) in [7, 11) is -3.64. The van der Waals surface area contributed by atoms with Crippen molar-refractivity contribution in [2.45, 2.75) is 24.2 Å². The van der Waals surface area contributed by atoms with Crippen LogP contribution in [0.25, 0.3) is 0 Å². The topological polar surface area (TPSA) is 86.8 Å². The van der Waals surface area contributed by atoms with Gasteiger partial charge in [-0.15, -0.1) is 0 Å². The van der Waals surface area contributed by atoms with Gasteiger partial charge in [0.1, 0.15) is 6.54 Å². The number of rotatable bonds is 3. The lowest BCUT2D eigenvalue weighted by molar-refractivity contribution is -0.115. The summed E-state index contributed by atoms with van der Waals surface area (Å²) < 4.78 is 27.3. The van der Waals surface area contributed by atoms with Gasteiger partial charge in [-0.25, -0.2) is 8.42 Å². The number of fused-ring (bicyclic) bond motifs is 1. The van der Waals surface area contributed by atoms with Crippen LogP contribution in [0, 0.1) is 0 Å². The number of carbonyl (C=O) groups is 2. The third-order valence-corrected chi connectivity index (χ3v) is 6.94. The maximum absolute atomic E-state index is 13.1. The number of anilines is 2. The summed E-state index contributed by atoms with van der Waals surface area (Å²) in [5.41, 5.74) is 1.39. The van der Waals surface area contributed by atoms with E-state index >= 15 is 0 Å². The predicted octanol–water partition coefficient (Wildman–Crippen LogP) is 2.46. The lowest BCUT2D eigenvalue weighted by Gasteiger charge is -2.29. The molecule has 1 N–H and O–H groups in total. The quantitative estimate of drug-likeness (QED) is 0.859. The molecule has 0 aromatic heterocycles. The van der Waals surface area contributed by atoms with Crippen LogP contribution in [-0.2, 0) is 14.8 Å². The van der Waals surface area contributed by atoms with Gasteiger partial charge in [-0.3, -0.25) is 14.5 Å². The molecule has 4 rings (SSSR count). The van der Waals surface area contributed by atoms with Crippen LogP contribution in [0.2, 0.25) is 0 Å². The average molecular weight is 399 g/mol. The number of nitrogens with zero attached hydrogens (tertiary/aromatic N) is 2. The number of hydrogen-bond acceptors (Lipinski definition) is 4. The van der Waals surface area contributed by atoms with Crippen LogP contribution < -0.4 is 10.2 Å². The molecule has 0 atom stereocenters. The van der Waals surface area contributed by atoms with E-state index in [1.165, 1.54) is 21.3 Å². The molecular weight excluding hydrogens is 378 g/mol. The summed E-state index contributed by atoms with van der Waals surface area (Å²) in [5, 5.41) is 2.74. The second-order valence-electron chi connectivity index (χ2n) is 6.95. The minimum atomic E-state index is -3.64. The van der Waals surface area contributed by atoms with Crippen LogP contribution in [-0.4, -0.2) is 44.2 Å². The van der Waals surface area contributed by atoms with Gasteiger partial charge in [-0.05, 0) is 43.2 Å². The van der Waals surface area contributed by atoms with Crippen LogP contribution in [0.4, 0.5) is 11.4 Å². The first-order valence-electron chi connectivity index (χ1n) is 9.28. The maximum Gasteiger partial charge on any atom is 0.258 e. The summed E-state index contributed by atoms with van der Waals surface area (Å²) in [6.45, 7) is 0.888. The highest BCUT2D eigenvalue weighted by Crippen LogP contribution is 2.30. The highest BCUT2D eigenvalue weighted by molar-refractivity contribution is 7.89. The summed E-state index contributed by atoms with van der Waals surface area (Å²) in [4.78, 5) is 26.6. The molecule has 7 nitrogen and oxygen atoms in total. The Hall–Kier alpha value is -2.71. The Balaban J connectivity index is 1.67. The van der Waals surface area contributed by atoms with Crippen molar-refractivity contribution in [3.8, 4) is 0 Å². The van der Waals surface area contributed by atoms with Crippen LogP contribution in [0.3, 0.4) is 0 Å². The van der Waals surface area contributed by atoms with Crippen molar-refractivity contribution in [3.63, 3.8) is 0 Å². The largest absolute Gasteiger partial charge is 0.323 e. The van der Waals surface area contributed by atoms with Crippen molar-refractivity contribution < 1.29 is 18.0 Å². The zero-order valence-electron chi connectivity index (χ0n) is 15.3. The van der Waals surface area contributed by atoms with E-state index in [1.54, 1.807) is 36.4 Å². The van der Waals surface area contributed by atoms with Gasteiger partial charge in [0, 0.05) is 18.7 Å². The van der Waals surface area contributed by atoms with Gasteiger partial charge >= 0.3 is 0 Å². The number of nitrogens with one attached hydrogen (secondary N) is 1. The molecule has 0 spiro atoms. The summed E-state index contributed by atoms with van der Waals surface area (Å²) >= 11 is 0. The Morgan fingerprint density at radius 2 is 1.71 bits per heavy atom. The number of amides is 2. The first-order chi connectivity index (χ1) is 13.5. The first kappa shape index (κ1) is 18.6. The predicted molar refractivity (Wildman–Crippen MR) is 106 cm³/mol.